The zero-order valence-electron chi connectivity index (χ0n) is 10.9. The number of nitrogens with zero attached hydrogens (tertiary/aromatic N) is 2. The Hall–Kier alpha value is -1.52. The second-order valence-electron chi connectivity index (χ2n) is 4.75. The number of hydrogen-bond acceptors (Lipinski definition) is 3. The summed E-state index contributed by atoms with van der Waals surface area (Å²) in [7, 11) is 1.90. The molecule has 0 spiro atoms. The standard InChI is InChI=1S/C12H20N4O/c1-5-6-9-10-11(16(4)15-9)13-8(3)7(2)12(17)14-10/h7-8,13H,5-6H2,1-4H3,(H,14,17). The van der Waals surface area contributed by atoms with Crippen LogP contribution >= 0.6 is 0 Å². The van der Waals surface area contributed by atoms with Crippen molar-refractivity contribution in [3.8, 4) is 0 Å². The maximum atomic E-state index is 12.0. The molecule has 0 aromatic carbocycles. The van der Waals surface area contributed by atoms with Gasteiger partial charge in [-0.3, -0.25) is 9.48 Å². The Bertz CT molecular complexity index is 438. The molecule has 2 atom stereocenters. The SMILES string of the molecule is CCCc1nn(C)c2c1NC(=O)C(C)C(C)N2. The Labute approximate surface area is 102 Å². The molecule has 1 aliphatic rings. The molecule has 0 fully saturated rings. The summed E-state index contributed by atoms with van der Waals surface area (Å²) in [6.45, 7) is 6.07. The number of nitrogens with one attached hydrogen (secondary N) is 2. The predicted octanol–water partition coefficient (Wildman–Crippen LogP) is 1.76. The van der Waals surface area contributed by atoms with Crippen LogP contribution in [0, 0.1) is 5.92 Å². The van der Waals surface area contributed by atoms with Crippen molar-refractivity contribution in [3.63, 3.8) is 0 Å². The number of rotatable bonds is 2. The lowest BCUT2D eigenvalue weighted by Gasteiger charge is -2.16. The third-order valence-corrected chi connectivity index (χ3v) is 3.38. The molecule has 1 amide bonds. The Kier molecular flexibility index (Phi) is 3.09. The van der Waals surface area contributed by atoms with Gasteiger partial charge in [-0.1, -0.05) is 20.3 Å². The van der Waals surface area contributed by atoms with Crippen LogP contribution in [-0.4, -0.2) is 21.7 Å². The van der Waals surface area contributed by atoms with Crippen LogP contribution in [0.1, 0.15) is 32.9 Å². The van der Waals surface area contributed by atoms with Crippen LogP contribution in [0.2, 0.25) is 0 Å². The average molecular weight is 236 g/mol. The molecule has 2 rings (SSSR count). The van der Waals surface area contributed by atoms with Gasteiger partial charge in [-0.15, -0.1) is 0 Å². The minimum atomic E-state index is -0.0446. The summed E-state index contributed by atoms with van der Waals surface area (Å²) < 4.78 is 1.81. The van der Waals surface area contributed by atoms with Crippen molar-refractivity contribution in [1.29, 1.82) is 0 Å². The van der Waals surface area contributed by atoms with Crippen LogP contribution < -0.4 is 10.6 Å². The summed E-state index contributed by atoms with van der Waals surface area (Å²) in [4.78, 5) is 12.0. The molecule has 0 saturated heterocycles. The summed E-state index contributed by atoms with van der Waals surface area (Å²) in [6.07, 6.45) is 1.90. The summed E-state index contributed by atoms with van der Waals surface area (Å²) in [5.41, 5.74) is 1.82. The van der Waals surface area contributed by atoms with Crippen LogP contribution in [-0.2, 0) is 18.3 Å². The van der Waals surface area contributed by atoms with Crippen molar-refractivity contribution in [2.24, 2.45) is 13.0 Å². The van der Waals surface area contributed by atoms with Crippen molar-refractivity contribution in [3.05, 3.63) is 5.69 Å². The Morgan fingerprint density at radius 1 is 1.41 bits per heavy atom. The molecule has 1 aromatic rings. The van der Waals surface area contributed by atoms with Gasteiger partial charge in [0.05, 0.1) is 11.6 Å². The Balaban J connectivity index is 2.43. The van der Waals surface area contributed by atoms with Crippen molar-refractivity contribution in [2.75, 3.05) is 10.6 Å². The highest BCUT2D eigenvalue weighted by Gasteiger charge is 2.29. The molecule has 1 aliphatic heterocycles. The van der Waals surface area contributed by atoms with Gasteiger partial charge < -0.3 is 10.6 Å². The topological polar surface area (TPSA) is 59.0 Å². The van der Waals surface area contributed by atoms with E-state index in [2.05, 4.69) is 22.7 Å². The van der Waals surface area contributed by atoms with E-state index in [1.807, 2.05) is 25.6 Å². The van der Waals surface area contributed by atoms with E-state index < -0.39 is 0 Å². The Morgan fingerprint density at radius 2 is 2.12 bits per heavy atom. The number of amides is 1. The smallest absolute Gasteiger partial charge is 0.229 e. The van der Waals surface area contributed by atoms with E-state index in [9.17, 15) is 4.79 Å². The molecule has 17 heavy (non-hydrogen) atoms. The maximum Gasteiger partial charge on any atom is 0.229 e. The lowest BCUT2D eigenvalue weighted by atomic mass is 10.0. The number of aromatic nitrogens is 2. The zero-order chi connectivity index (χ0) is 12.6. The van der Waals surface area contributed by atoms with Gasteiger partial charge in [-0.2, -0.15) is 5.10 Å². The van der Waals surface area contributed by atoms with Crippen LogP contribution in [0.3, 0.4) is 0 Å². The highest BCUT2D eigenvalue weighted by Crippen LogP contribution is 2.31. The zero-order valence-corrected chi connectivity index (χ0v) is 10.9. The predicted molar refractivity (Wildman–Crippen MR) is 68.1 cm³/mol. The molecule has 2 heterocycles. The lowest BCUT2D eigenvalue weighted by Crippen LogP contribution is -2.31. The van der Waals surface area contributed by atoms with Gasteiger partial charge in [0, 0.05) is 13.1 Å². The van der Waals surface area contributed by atoms with E-state index in [0.29, 0.717) is 0 Å². The minimum Gasteiger partial charge on any atom is -0.365 e. The van der Waals surface area contributed by atoms with Crippen LogP contribution in [0.5, 0.6) is 0 Å². The quantitative estimate of drug-likeness (QED) is 0.822. The van der Waals surface area contributed by atoms with Crippen LogP contribution in [0.4, 0.5) is 11.5 Å². The monoisotopic (exact) mass is 236 g/mol. The van der Waals surface area contributed by atoms with E-state index in [4.69, 9.17) is 0 Å². The molecular formula is C12H20N4O. The number of anilines is 2. The highest BCUT2D eigenvalue weighted by molar-refractivity contribution is 5.97. The second kappa shape index (κ2) is 4.39. The van der Waals surface area contributed by atoms with E-state index >= 15 is 0 Å². The van der Waals surface area contributed by atoms with Crippen molar-refractivity contribution < 1.29 is 4.79 Å². The summed E-state index contributed by atoms with van der Waals surface area (Å²) in [5, 5.41) is 10.8. The number of hydrogen-bond donors (Lipinski definition) is 2. The van der Waals surface area contributed by atoms with Gasteiger partial charge >= 0.3 is 0 Å². The first-order valence-corrected chi connectivity index (χ1v) is 6.17. The molecule has 5 heteroatoms. The van der Waals surface area contributed by atoms with E-state index in [-0.39, 0.29) is 17.9 Å². The van der Waals surface area contributed by atoms with Crippen molar-refractivity contribution >= 4 is 17.4 Å². The fourth-order valence-corrected chi connectivity index (χ4v) is 2.09. The third kappa shape index (κ3) is 2.01. The summed E-state index contributed by atoms with van der Waals surface area (Å²) in [5.74, 6) is 0.935. The number of aryl methyl sites for hydroxylation is 2. The number of carbonyl (C=O) groups excluding carboxylic acids is 1. The number of carbonyl (C=O) groups is 1. The second-order valence-corrected chi connectivity index (χ2v) is 4.75. The molecule has 0 saturated carbocycles. The first-order valence-electron chi connectivity index (χ1n) is 6.17. The summed E-state index contributed by atoms with van der Waals surface area (Å²) >= 11 is 0. The van der Waals surface area contributed by atoms with Gasteiger partial charge in [-0.25, -0.2) is 0 Å². The molecular weight excluding hydrogens is 216 g/mol. The van der Waals surface area contributed by atoms with E-state index in [0.717, 1.165) is 30.0 Å². The largest absolute Gasteiger partial charge is 0.365 e. The molecule has 2 unspecified atom stereocenters. The van der Waals surface area contributed by atoms with Crippen molar-refractivity contribution in [1.82, 2.24) is 9.78 Å². The third-order valence-electron chi connectivity index (χ3n) is 3.38. The van der Waals surface area contributed by atoms with Gasteiger partial charge in [0.15, 0.2) is 0 Å². The van der Waals surface area contributed by atoms with E-state index in [1.165, 1.54) is 0 Å². The van der Waals surface area contributed by atoms with Crippen LogP contribution in [0.25, 0.3) is 0 Å². The van der Waals surface area contributed by atoms with Gasteiger partial charge in [0.1, 0.15) is 11.5 Å². The molecule has 1 aromatic heterocycles. The maximum absolute atomic E-state index is 12.0. The number of fused-ring (bicyclic) bond motifs is 1. The highest BCUT2D eigenvalue weighted by atomic mass is 16.2. The molecule has 0 radical (unpaired) electrons. The van der Waals surface area contributed by atoms with Crippen LogP contribution in [0.15, 0.2) is 0 Å². The molecule has 0 aliphatic carbocycles. The van der Waals surface area contributed by atoms with Gasteiger partial charge in [0.25, 0.3) is 0 Å². The van der Waals surface area contributed by atoms with Gasteiger partial charge in [-0.05, 0) is 13.3 Å². The fourth-order valence-electron chi connectivity index (χ4n) is 2.09. The minimum absolute atomic E-state index is 0.0446. The normalized spacial score (nSPS) is 23.6. The fraction of sp³-hybridized carbons (Fsp3) is 0.667. The lowest BCUT2D eigenvalue weighted by molar-refractivity contribution is -0.119. The first kappa shape index (κ1) is 12.0. The van der Waals surface area contributed by atoms with E-state index in [1.54, 1.807) is 0 Å². The van der Waals surface area contributed by atoms with Crippen molar-refractivity contribution in [2.45, 2.75) is 39.7 Å². The molecule has 5 nitrogen and oxygen atoms in total. The molecule has 94 valence electrons. The molecule has 2 N–H and O–H groups in total. The summed E-state index contributed by atoms with van der Waals surface area (Å²) in [6, 6.07) is 0.112. The Morgan fingerprint density at radius 3 is 2.76 bits per heavy atom. The molecule has 0 bridgehead atoms. The first-order chi connectivity index (χ1) is 8.04. The van der Waals surface area contributed by atoms with Gasteiger partial charge in [0.2, 0.25) is 5.91 Å². The average Bonchev–Trinajstić information content (AvgIpc) is 2.50.